The Labute approximate surface area is 102 Å². The zero-order valence-electron chi connectivity index (χ0n) is 8.83. The van der Waals surface area contributed by atoms with Crippen LogP contribution in [0.2, 0.25) is 0 Å². The van der Waals surface area contributed by atoms with Crippen molar-refractivity contribution in [3.63, 3.8) is 0 Å². The van der Waals surface area contributed by atoms with Crippen LogP contribution in [0.4, 0.5) is 17.6 Å². The maximum atomic E-state index is 13.3. The van der Waals surface area contributed by atoms with Gasteiger partial charge in [0.1, 0.15) is 5.82 Å². The lowest BCUT2D eigenvalue weighted by Crippen LogP contribution is -2.27. The number of alkyl halides is 3. The molecule has 0 aliphatic carbocycles. The number of hydrogen-bond donors (Lipinski definition) is 2. The molecule has 0 saturated carbocycles. The minimum Gasteiger partial charge on any atom is -0.391 e. The van der Waals surface area contributed by atoms with Crippen molar-refractivity contribution >= 4 is 12.4 Å². The second kappa shape index (κ2) is 5.66. The van der Waals surface area contributed by atoms with Gasteiger partial charge in [0.05, 0.1) is 17.7 Å². The van der Waals surface area contributed by atoms with Crippen molar-refractivity contribution in [3.8, 4) is 0 Å². The molecule has 98 valence electrons. The lowest BCUT2D eigenvalue weighted by atomic mass is 9.96. The molecule has 3 N–H and O–H groups in total. The summed E-state index contributed by atoms with van der Waals surface area (Å²) in [5.74, 6) is -1.07. The SMILES string of the molecule is C[C@@H](O)[C@@H](N)c1c(F)cccc1C(F)(F)F.Cl. The first-order chi connectivity index (χ1) is 7.25. The van der Waals surface area contributed by atoms with Crippen LogP contribution < -0.4 is 5.73 Å². The van der Waals surface area contributed by atoms with Gasteiger partial charge in [-0.3, -0.25) is 0 Å². The van der Waals surface area contributed by atoms with E-state index in [4.69, 9.17) is 10.8 Å². The molecule has 0 unspecified atom stereocenters. The average molecular weight is 274 g/mol. The second-order valence-corrected chi connectivity index (χ2v) is 3.47. The molecular weight excluding hydrogens is 262 g/mol. The van der Waals surface area contributed by atoms with Crippen LogP contribution in [0, 0.1) is 5.82 Å². The van der Waals surface area contributed by atoms with Crippen LogP contribution in [0.15, 0.2) is 18.2 Å². The smallest absolute Gasteiger partial charge is 0.391 e. The highest BCUT2D eigenvalue weighted by Gasteiger charge is 2.36. The summed E-state index contributed by atoms with van der Waals surface area (Å²) in [7, 11) is 0. The molecule has 7 heteroatoms. The molecule has 0 aliphatic rings. The molecule has 0 bridgehead atoms. The van der Waals surface area contributed by atoms with Gasteiger partial charge in [-0.25, -0.2) is 4.39 Å². The molecule has 17 heavy (non-hydrogen) atoms. The number of rotatable bonds is 2. The lowest BCUT2D eigenvalue weighted by molar-refractivity contribution is -0.138. The Morgan fingerprint density at radius 3 is 2.24 bits per heavy atom. The van der Waals surface area contributed by atoms with E-state index in [1.807, 2.05) is 0 Å². The van der Waals surface area contributed by atoms with Gasteiger partial charge in [-0.15, -0.1) is 12.4 Å². The molecule has 1 aromatic rings. The van der Waals surface area contributed by atoms with Gasteiger partial charge < -0.3 is 10.8 Å². The first-order valence-electron chi connectivity index (χ1n) is 4.54. The van der Waals surface area contributed by atoms with E-state index in [-0.39, 0.29) is 12.4 Å². The summed E-state index contributed by atoms with van der Waals surface area (Å²) >= 11 is 0. The zero-order chi connectivity index (χ0) is 12.5. The number of halogens is 5. The molecule has 0 aromatic heterocycles. The number of hydrogen-bond acceptors (Lipinski definition) is 2. The van der Waals surface area contributed by atoms with Gasteiger partial charge in [0, 0.05) is 5.56 Å². The fourth-order valence-electron chi connectivity index (χ4n) is 1.36. The molecule has 0 heterocycles. The first kappa shape index (κ1) is 16.1. The Balaban J connectivity index is 0.00000256. The minimum atomic E-state index is -4.69. The molecule has 0 fully saturated rings. The van der Waals surface area contributed by atoms with Gasteiger partial charge in [-0.05, 0) is 19.1 Å². The fraction of sp³-hybridized carbons (Fsp3) is 0.400. The van der Waals surface area contributed by atoms with Crippen molar-refractivity contribution in [1.82, 2.24) is 0 Å². The number of nitrogens with two attached hydrogens (primary N) is 1. The van der Waals surface area contributed by atoms with Crippen LogP contribution in [-0.4, -0.2) is 11.2 Å². The highest BCUT2D eigenvalue weighted by atomic mass is 35.5. The van der Waals surface area contributed by atoms with Crippen molar-refractivity contribution < 1.29 is 22.7 Å². The maximum absolute atomic E-state index is 13.3. The highest BCUT2D eigenvalue weighted by molar-refractivity contribution is 5.85. The summed E-state index contributed by atoms with van der Waals surface area (Å²) in [6.45, 7) is 1.21. The molecule has 0 saturated heterocycles. The van der Waals surface area contributed by atoms with Gasteiger partial charge in [0.15, 0.2) is 0 Å². The molecule has 0 aliphatic heterocycles. The second-order valence-electron chi connectivity index (χ2n) is 3.47. The molecule has 1 rings (SSSR count). The topological polar surface area (TPSA) is 46.2 Å². The van der Waals surface area contributed by atoms with E-state index in [0.717, 1.165) is 18.2 Å². The largest absolute Gasteiger partial charge is 0.416 e. The molecule has 2 nitrogen and oxygen atoms in total. The van der Waals surface area contributed by atoms with Crippen LogP contribution in [0.1, 0.15) is 24.1 Å². The summed E-state index contributed by atoms with van der Waals surface area (Å²) in [5, 5.41) is 9.13. The van der Waals surface area contributed by atoms with Crippen molar-refractivity contribution in [2.45, 2.75) is 25.2 Å². The maximum Gasteiger partial charge on any atom is 0.416 e. The number of benzene rings is 1. The number of aliphatic hydroxyl groups excluding tert-OH is 1. The third-order valence-electron chi connectivity index (χ3n) is 2.21. The Hall–Kier alpha value is -0.850. The van der Waals surface area contributed by atoms with E-state index < -0.39 is 35.3 Å². The van der Waals surface area contributed by atoms with Crippen LogP contribution in [-0.2, 0) is 6.18 Å². The predicted octanol–water partition coefficient (Wildman–Crippen LogP) is 2.65. The Kier molecular flexibility index (Phi) is 5.38. The van der Waals surface area contributed by atoms with Crippen LogP contribution >= 0.6 is 12.4 Å². The van der Waals surface area contributed by atoms with Crippen LogP contribution in [0.3, 0.4) is 0 Å². The average Bonchev–Trinajstić information content (AvgIpc) is 2.14. The van der Waals surface area contributed by atoms with E-state index in [9.17, 15) is 17.6 Å². The van der Waals surface area contributed by atoms with Crippen molar-refractivity contribution in [3.05, 3.63) is 35.1 Å². The van der Waals surface area contributed by atoms with Crippen molar-refractivity contribution in [2.24, 2.45) is 5.73 Å². The predicted molar refractivity (Wildman–Crippen MR) is 57.3 cm³/mol. The van der Waals surface area contributed by atoms with Gasteiger partial charge in [0.25, 0.3) is 0 Å². The monoisotopic (exact) mass is 273 g/mol. The third kappa shape index (κ3) is 3.55. The summed E-state index contributed by atoms with van der Waals surface area (Å²) in [4.78, 5) is 0. The lowest BCUT2D eigenvalue weighted by Gasteiger charge is -2.20. The normalized spacial score (nSPS) is 15.0. The third-order valence-corrected chi connectivity index (χ3v) is 2.21. The Bertz CT molecular complexity index is 381. The van der Waals surface area contributed by atoms with Gasteiger partial charge in [-0.2, -0.15) is 13.2 Å². The van der Waals surface area contributed by atoms with Crippen LogP contribution in [0.5, 0.6) is 0 Å². The molecule has 1 aromatic carbocycles. The summed E-state index contributed by atoms with van der Waals surface area (Å²) in [6, 6.07) is 1.17. The molecule has 0 radical (unpaired) electrons. The first-order valence-corrected chi connectivity index (χ1v) is 4.54. The minimum absolute atomic E-state index is 0. The highest BCUT2D eigenvalue weighted by Crippen LogP contribution is 2.35. The van der Waals surface area contributed by atoms with Crippen molar-refractivity contribution in [1.29, 1.82) is 0 Å². The summed E-state index contributed by atoms with van der Waals surface area (Å²) in [6.07, 6.45) is -5.96. The number of aliphatic hydroxyl groups is 1. The molecule has 2 atom stereocenters. The summed E-state index contributed by atoms with van der Waals surface area (Å²) < 4.78 is 50.9. The van der Waals surface area contributed by atoms with E-state index in [1.165, 1.54) is 6.92 Å². The Morgan fingerprint density at radius 1 is 1.29 bits per heavy atom. The van der Waals surface area contributed by atoms with Gasteiger partial charge in [-0.1, -0.05) is 6.07 Å². The van der Waals surface area contributed by atoms with E-state index in [0.29, 0.717) is 0 Å². The van der Waals surface area contributed by atoms with Gasteiger partial charge in [0.2, 0.25) is 0 Å². The fourth-order valence-corrected chi connectivity index (χ4v) is 1.36. The molecular formula is C10H12ClF4NO. The van der Waals surface area contributed by atoms with Crippen LogP contribution in [0.25, 0.3) is 0 Å². The Morgan fingerprint density at radius 2 is 1.82 bits per heavy atom. The van der Waals surface area contributed by atoms with E-state index in [2.05, 4.69) is 0 Å². The zero-order valence-corrected chi connectivity index (χ0v) is 9.65. The quantitative estimate of drug-likeness (QED) is 0.814. The summed E-state index contributed by atoms with van der Waals surface area (Å²) in [5.41, 5.74) is 3.49. The molecule has 0 spiro atoms. The molecule has 0 amide bonds. The standard InChI is InChI=1S/C10H11F4NO.ClH/c1-5(16)9(15)8-6(10(12,13)14)3-2-4-7(8)11;/h2-5,9,16H,15H2,1H3;1H/t5-,9-;/m1./s1. The van der Waals surface area contributed by atoms with E-state index >= 15 is 0 Å². The van der Waals surface area contributed by atoms with E-state index in [1.54, 1.807) is 0 Å². The van der Waals surface area contributed by atoms with Gasteiger partial charge >= 0.3 is 6.18 Å². The van der Waals surface area contributed by atoms with Crippen molar-refractivity contribution in [2.75, 3.05) is 0 Å².